The maximum atomic E-state index is 13.0. The van der Waals surface area contributed by atoms with Gasteiger partial charge < -0.3 is 31.5 Å². The maximum absolute atomic E-state index is 13.0. The highest BCUT2D eigenvalue weighted by Gasteiger charge is 2.53. The second-order valence-corrected chi connectivity index (χ2v) is 10.3. The highest BCUT2D eigenvalue weighted by Crippen LogP contribution is 2.40. The summed E-state index contributed by atoms with van der Waals surface area (Å²) in [5.41, 5.74) is 12.7. The molecule has 0 spiro atoms. The van der Waals surface area contributed by atoms with Gasteiger partial charge in [-0.15, -0.1) is 23.1 Å². The average molecular weight is 540 g/mol. The van der Waals surface area contributed by atoms with Gasteiger partial charge in [0.25, 0.3) is 11.8 Å². The van der Waals surface area contributed by atoms with Crippen molar-refractivity contribution in [3.8, 4) is 0 Å². The second-order valence-electron chi connectivity index (χ2n) is 8.26. The number of carbonyl (C=O) groups is 3. The predicted molar refractivity (Wildman–Crippen MR) is 136 cm³/mol. The quantitative estimate of drug-likeness (QED) is 0.114. The summed E-state index contributed by atoms with van der Waals surface area (Å²) in [4.78, 5) is 48.0. The molecule has 1 unspecified atom stereocenters. The number of oxime groups is 1. The van der Waals surface area contributed by atoms with Crippen LogP contribution in [0.15, 0.2) is 58.5 Å². The predicted octanol–water partition coefficient (Wildman–Crippen LogP) is -0.797. The van der Waals surface area contributed by atoms with Gasteiger partial charge in [0.15, 0.2) is 29.8 Å². The van der Waals surface area contributed by atoms with Crippen molar-refractivity contribution in [1.82, 2.24) is 15.2 Å². The molecule has 2 aromatic heterocycles. The Morgan fingerprint density at radius 1 is 1.35 bits per heavy atom. The first-order valence-electron chi connectivity index (χ1n) is 11.0. The number of benzene rings is 1. The van der Waals surface area contributed by atoms with Crippen LogP contribution in [0.25, 0.3) is 10.8 Å². The van der Waals surface area contributed by atoms with Crippen molar-refractivity contribution in [2.75, 3.05) is 24.3 Å². The Morgan fingerprint density at radius 2 is 2.16 bits per heavy atom. The number of nitrogens with one attached hydrogen (secondary N) is 1. The summed E-state index contributed by atoms with van der Waals surface area (Å²) in [7, 11) is 1.27. The lowest BCUT2D eigenvalue weighted by Crippen LogP contribution is -2.71. The first-order valence-corrected chi connectivity index (χ1v) is 12.9. The first-order chi connectivity index (χ1) is 17.8. The van der Waals surface area contributed by atoms with Crippen molar-refractivity contribution in [2.24, 2.45) is 5.16 Å². The van der Waals surface area contributed by atoms with E-state index < -0.39 is 29.2 Å². The van der Waals surface area contributed by atoms with E-state index in [-0.39, 0.29) is 28.8 Å². The summed E-state index contributed by atoms with van der Waals surface area (Å²) in [6.45, 7) is 0.241. The number of aromatic nitrogens is 2. The third-order valence-electron chi connectivity index (χ3n) is 5.97. The number of rotatable bonds is 7. The lowest BCUT2D eigenvalue weighted by Gasteiger charge is -2.50. The number of hydrogen-bond acceptors (Lipinski definition) is 11. The molecule has 0 aliphatic carbocycles. The van der Waals surface area contributed by atoms with Crippen molar-refractivity contribution in [2.45, 2.75) is 18.0 Å². The van der Waals surface area contributed by atoms with Crippen LogP contribution in [-0.2, 0) is 25.8 Å². The third-order valence-corrected chi connectivity index (χ3v) is 7.99. The number of amides is 2. The highest BCUT2D eigenvalue weighted by atomic mass is 32.2. The van der Waals surface area contributed by atoms with Crippen LogP contribution in [0.3, 0.4) is 0 Å². The molecule has 0 bridgehead atoms. The van der Waals surface area contributed by atoms with Crippen molar-refractivity contribution in [3.05, 3.63) is 59.0 Å². The van der Waals surface area contributed by atoms with Crippen molar-refractivity contribution < 1.29 is 28.9 Å². The summed E-state index contributed by atoms with van der Waals surface area (Å²) in [5.74, 6) is -2.38. The summed E-state index contributed by atoms with van der Waals surface area (Å²) >= 11 is 2.47. The zero-order chi connectivity index (χ0) is 26.3. The van der Waals surface area contributed by atoms with Crippen molar-refractivity contribution in [3.63, 3.8) is 0 Å². The molecule has 2 amide bonds. The van der Waals surface area contributed by atoms with E-state index in [0.29, 0.717) is 17.0 Å². The van der Waals surface area contributed by atoms with Gasteiger partial charge in [-0.25, -0.2) is 9.55 Å². The van der Waals surface area contributed by atoms with E-state index in [9.17, 15) is 19.5 Å². The van der Waals surface area contributed by atoms with E-state index >= 15 is 0 Å². The Bertz CT molecular complexity index is 1500. The number of hydrogen-bond donors (Lipinski definition) is 3. The van der Waals surface area contributed by atoms with Gasteiger partial charge in [0.2, 0.25) is 0 Å². The molecule has 5 N–H and O–H groups in total. The molecular weight excluding hydrogens is 518 g/mol. The number of carboxylic acid groups (broad SMARTS) is 1. The van der Waals surface area contributed by atoms with Crippen LogP contribution >= 0.6 is 23.1 Å². The summed E-state index contributed by atoms with van der Waals surface area (Å²) < 4.78 is 1.83. The van der Waals surface area contributed by atoms with Crippen LogP contribution in [0.5, 0.6) is 0 Å². The summed E-state index contributed by atoms with van der Waals surface area (Å²) in [5, 5.41) is 21.4. The normalized spacial score (nSPS) is 19.4. The fourth-order valence-corrected chi connectivity index (χ4v) is 6.20. The molecule has 3 aromatic rings. The molecule has 5 rings (SSSR count). The number of fused-ring (bicyclic) bond motifs is 2. The summed E-state index contributed by atoms with van der Waals surface area (Å²) in [6, 6.07) is 6.46. The molecule has 12 nitrogen and oxygen atoms in total. The zero-order valence-corrected chi connectivity index (χ0v) is 21.0. The number of anilines is 2. The third kappa shape index (κ3) is 4.44. The summed E-state index contributed by atoms with van der Waals surface area (Å²) in [6.07, 6.45) is 3.67. The van der Waals surface area contributed by atoms with Gasteiger partial charge in [-0.05, 0) is 12.1 Å². The van der Waals surface area contributed by atoms with Gasteiger partial charge in [0.05, 0.1) is 11.7 Å². The molecule has 1 fully saturated rings. The smallest absolute Gasteiger partial charge is 0.276 e. The standard InChI is InChI=1S/C23H21N7O5S2/c1-35-28-16(15-10-37-23(25)26-15)19(31)27-17-20(32)30-18(22(33)34)12(9-36-21(17)30)8-29-6-5-13-11(7-29)3-2-4-14(13)24/h2-7,10,17,21H,8-9,24H2,1H3,(H3-,25,26,27,31,33,34)/b28-16-/t17?,21-/m1/s1. The van der Waals surface area contributed by atoms with Crippen molar-refractivity contribution >= 4 is 68.2 Å². The lowest BCUT2D eigenvalue weighted by molar-refractivity contribution is -0.687. The molecule has 4 heterocycles. The fraction of sp³-hybridized carbons (Fsp3) is 0.217. The van der Waals surface area contributed by atoms with Crippen molar-refractivity contribution in [1.29, 1.82) is 0 Å². The van der Waals surface area contributed by atoms with Gasteiger partial charge in [-0.2, -0.15) is 0 Å². The van der Waals surface area contributed by atoms with Gasteiger partial charge in [-0.3, -0.25) is 14.5 Å². The van der Waals surface area contributed by atoms with Crippen LogP contribution in [0.1, 0.15) is 5.69 Å². The number of thiazole rings is 1. The Kier molecular flexibility index (Phi) is 6.43. The van der Waals surface area contributed by atoms with E-state index in [0.717, 1.165) is 27.0 Å². The highest BCUT2D eigenvalue weighted by molar-refractivity contribution is 8.00. The minimum atomic E-state index is -1.45. The SMILES string of the molecule is CO/N=C(\C(=O)NC1C(=O)N2C(C(=O)[O-])=C(C[n+]3ccc4c(N)cccc4c3)CS[C@H]12)c1csc(N)n1. The monoisotopic (exact) mass is 539 g/mol. The molecular formula is C23H21N7O5S2. The number of nitrogens with two attached hydrogens (primary N) is 2. The Balaban J connectivity index is 1.36. The average Bonchev–Trinajstić information content (AvgIpc) is 3.31. The van der Waals surface area contributed by atoms with E-state index in [1.54, 1.807) is 11.6 Å². The number of carboxylic acids is 1. The molecule has 2 aliphatic heterocycles. The zero-order valence-electron chi connectivity index (χ0n) is 19.4. The topological polar surface area (TPSA) is 180 Å². The van der Waals surface area contributed by atoms with Crippen LogP contribution in [0.4, 0.5) is 10.8 Å². The number of thioether (sulfide) groups is 1. The molecule has 0 radical (unpaired) electrons. The molecule has 14 heteroatoms. The lowest BCUT2D eigenvalue weighted by atomic mass is 10.0. The van der Waals surface area contributed by atoms with Crippen LogP contribution in [-0.4, -0.2) is 57.7 Å². The number of aliphatic carboxylic acids is 1. The van der Waals surface area contributed by atoms with Crippen LogP contribution in [0.2, 0.25) is 0 Å². The number of nitrogens with zero attached hydrogens (tertiary/aromatic N) is 4. The number of carbonyl (C=O) groups excluding carboxylic acids is 3. The second kappa shape index (κ2) is 9.71. The molecule has 1 saturated heterocycles. The van der Waals surface area contributed by atoms with E-state index in [2.05, 4.69) is 15.5 Å². The van der Waals surface area contributed by atoms with E-state index in [1.165, 1.54) is 18.9 Å². The molecule has 37 heavy (non-hydrogen) atoms. The number of pyridine rings is 1. The Labute approximate surface area is 218 Å². The number of β-lactam (4-membered cyclic amide) rings is 1. The van der Waals surface area contributed by atoms with Gasteiger partial charge >= 0.3 is 0 Å². The molecule has 190 valence electrons. The molecule has 0 saturated carbocycles. The van der Waals surface area contributed by atoms with Gasteiger partial charge in [0.1, 0.15) is 24.2 Å². The molecule has 1 aromatic carbocycles. The largest absolute Gasteiger partial charge is 0.543 e. The minimum absolute atomic E-state index is 0.146. The van der Waals surface area contributed by atoms with Crippen LogP contribution < -0.4 is 26.5 Å². The first kappa shape index (κ1) is 24.5. The van der Waals surface area contributed by atoms with Gasteiger partial charge in [-0.1, -0.05) is 11.2 Å². The molecule has 2 atom stereocenters. The van der Waals surface area contributed by atoms with E-state index in [4.69, 9.17) is 16.3 Å². The fourth-order valence-electron chi connectivity index (χ4n) is 4.31. The maximum Gasteiger partial charge on any atom is 0.276 e. The van der Waals surface area contributed by atoms with Gasteiger partial charge in [0, 0.05) is 39.2 Å². The Morgan fingerprint density at radius 3 is 2.86 bits per heavy atom. The molecule has 2 aliphatic rings. The Hall–Kier alpha value is -4.17. The minimum Gasteiger partial charge on any atom is -0.543 e. The number of nitrogen functional groups attached to an aromatic ring is 2. The van der Waals surface area contributed by atoms with Crippen LogP contribution in [0, 0.1) is 0 Å². The van der Waals surface area contributed by atoms with E-state index in [1.807, 2.05) is 35.0 Å².